The Morgan fingerprint density at radius 3 is 2.79 bits per heavy atom. The average Bonchev–Trinajstić information content (AvgIpc) is 2.40. The maximum absolute atomic E-state index is 11.8. The predicted molar refractivity (Wildman–Crippen MR) is 72.4 cm³/mol. The zero-order chi connectivity index (χ0) is 14.3. The van der Waals surface area contributed by atoms with Crippen molar-refractivity contribution in [1.82, 2.24) is 5.32 Å². The minimum absolute atomic E-state index is 0.174. The van der Waals surface area contributed by atoms with Crippen LogP contribution in [0.25, 0.3) is 0 Å². The Morgan fingerprint density at radius 1 is 1.42 bits per heavy atom. The number of nitrogens with one attached hydrogen (secondary N) is 1. The highest BCUT2D eigenvalue weighted by Crippen LogP contribution is 2.16. The standard InChI is InChI=1S/C13H19N3O3/c1-9-8-10(5-6-11(9)17)13(18)15-7-3-2-4-12(14)16-19/h5-6,8,17,19H,2-4,7H2,1H3,(H2,14,16)(H,15,18). The summed E-state index contributed by atoms with van der Waals surface area (Å²) in [6.45, 7) is 2.26. The summed E-state index contributed by atoms with van der Waals surface area (Å²) in [7, 11) is 0. The first-order valence-corrected chi connectivity index (χ1v) is 6.09. The van der Waals surface area contributed by atoms with Crippen LogP contribution in [0, 0.1) is 6.92 Å². The molecule has 1 aromatic rings. The molecule has 0 aliphatic rings. The number of hydrogen-bond donors (Lipinski definition) is 4. The number of carbonyl (C=O) groups excluding carboxylic acids is 1. The molecule has 1 aromatic carbocycles. The van der Waals surface area contributed by atoms with E-state index in [1.54, 1.807) is 19.1 Å². The second-order valence-electron chi connectivity index (χ2n) is 4.31. The van der Waals surface area contributed by atoms with Gasteiger partial charge in [0.05, 0.1) is 0 Å². The van der Waals surface area contributed by atoms with E-state index in [-0.39, 0.29) is 17.5 Å². The van der Waals surface area contributed by atoms with E-state index in [0.29, 0.717) is 24.1 Å². The van der Waals surface area contributed by atoms with Crippen molar-refractivity contribution in [2.24, 2.45) is 10.9 Å². The van der Waals surface area contributed by atoms with Crippen LogP contribution in [0.2, 0.25) is 0 Å². The Bertz CT molecular complexity index is 472. The number of nitrogens with zero attached hydrogens (tertiary/aromatic N) is 1. The number of aromatic hydroxyl groups is 1. The molecule has 104 valence electrons. The molecule has 1 rings (SSSR count). The second-order valence-corrected chi connectivity index (χ2v) is 4.31. The van der Waals surface area contributed by atoms with Crippen LogP contribution in [0.1, 0.15) is 35.2 Å². The normalized spacial score (nSPS) is 11.3. The fourth-order valence-electron chi connectivity index (χ4n) is 1.58. The number of amidine groups is 1. The van der Waals surface area contributed by atoms with Crippen molar-refractivity contribution >= 4 is 11.7 Å². The average molecular weight is 265 g/mol. The smallest absolute Gasteiger partial charge is 0.251 e. The summed E-state index contributed by atoms with van der Waals surface area (Å²) in [5.74, 6) is 0.197. The van der Waals surface area contributed by atoms with E-state index >= 15 is 0 Å². The van der Waals surface area contributed by atoms with Gasteiger partial charge in [0.1, 0.15) is 11.6 Å². The summed E-state index contributed by atoms with van der Waals surface area (Å²) < 4.78 is 0. The Morgan fingerprint density at radius 2 is 2.16 bits per heavy atom. The second kappa shape index (κ2) is 7.25. The number of oxime groups is 1. The van der Waals surface area contributed by atoms with Gasteiger partial charge in [-0.2, -0.15) is 0 Å². The number of rotatable bonds is 6. The Labute approximate surface area is 111 Å². The molecule has 0 spiro atoms. The first-order valence-electron chi connectivity index (χ1n) is 6.09. The molecule has 1 amide bonds. The van der Waals surface area contributed by atoms with Gasteiger partial charge in [-0.1, -0.05) is 5.16 Å². The lowest BCUT2D eigenvalue weighted by atomic mass is 10.1. The van der Waals surface area contributed by atoms with Crippen LogP contribution in [0.3, 0.4) is 0 Å². The molecular formula is C13H19N3O3. The van der Waals surface area contributed by atoms with Gasteiger partial charge < -0.3 is 21.4 Å². The number of hydrogen-bond acceptors (Lipinski definition) is 4. The van der Waals surface area contributed by atoms with Gasteiger partial charge >= 0.3 is 0 Å². The van der Waals surface area contributed by atoms with Crippen molar-refractivity contribution in [3.05, 3.63) is 29.3 Å². The molecule has 6 heteroatoms. The summed E-state index contributed by atoms with van der Waals surface area (Å²) in [4.78, 5) is 11.8. The zero-order valence-electron chi connectivity index (χ0n) is 10.9. The molecule has 0 radical (unpaired) electrons. The maximum Gasteiger partial charge on any atom is 0.251 e. The molecule has 0 bridgehead atoms. The number of phenolic OH excluding ortho intramolecular Hbond substituents is 1. The van der Waals surface area contributed by atoms with E-state index in [1.165, 1.54) is 6.07 Å². The highest BCUT2D eigenvalue weighted by Gasteiger charge is 2.06. The molecule has 6 nitrogen and oxygen atoms in total. The van der Waals surface area contributed by atoms with E-state index in [2.05, 4.69) is 10.5 Å². The van der Waals surface area contributed by atoms with E-state index < -0.39 is 0 Å². The van der Waals surface area contributed by atoms with Crippen LogP contribution in [0.15, 0.2) is 23.4 Å². The van der Waals surface area contributed by atoms with Crippen molar-refractivity contribution in [3.63, 3.8) is 0 Å². The Balaban J connectivity index is 2.33. The van der Waals surface area contributed by atoms with Crippen LogP contribution in [-0.4, -0.2) is 28.6 Å². The monoisotopic (exact) mass is 265 g/mol. The third kappa shape index (κ3) is 4.87. The molecule has 5 N–H and O–H groups in total. The van der Waals surface area contributed by atoms with Gasteiger partial charge in [0.2, 0.25) is 0 Å². The van der Waals surface area contributed by atoms with Crippen molar-refractivity contribution in [2.45, 2.75) is 26.2 Å². The number of carbonyl (C=O) groups is 1. The molecule has 0 aliphatic carbocycles. The minimum atomic E-state index is -0.174. The lowest BCUT2D eigenvalue weighted by Gasteiger charge is -2.06. The number of nitrogens with two attached hydrogens (primary N) is 1. The van der Waals surface area contributed by atoms with Gasteiger partial charge in [-0.25, -0.2) is 0 Å². The predicted octanol–water partition coefficient (Wildman–Crippen LogP) is 1.35. The quantitative estimate of drug-likeness (QED) is 0.205. The summed E-state index contributed by atoms with van der Waals surface area (Å²) in [5.41, 5.74) is 6.51. The lowest BCUT2D eigenvalue weighted by molar-refractivity contribution is 0.0953. The first-order chi connectivity index (χ1) is 9.04. The first kappa shape index (κ1) is 14.8. The highest BCUT2D eigenvalue weighted by molar-refractivity contribution is 5.94. The molecule has 0 atom stereocenters. The lowest BCUT2D eigenvalue weighted by Crippen LogP contribution is -2.24. The molecule has 0 unspecified atom stereocenters. The summed E-state index contributed by atoms with van der Waals surface area (Å²) >= 11 is 0. The molecular weight excluding hydrogens is 246 g/mol. The Hall–Kier alpha value is -2.24. The highest BCUT2D eigenvalue weighted by atomic mass is 16.4. The van der Waals surface area contributed by atoms with Gasteiger partial charge in [0.15, 0.2) is 0 Å². The topological polar surface area (TPSA) is 108 Å². The largest absolute Gasteiger partial charge is 0.508 e. The van der Waals surface area contributed by atoms with Gasteiger partial charge in [0, 0.05) is 18.5 Å². The van der Waals surface area contributed by atoms with E-state index in [1.807, 2.05) is 0 Å². The van der Waals surface area contributed by atoms with Crippen LogP contribution in [0.4, 0.5) is 0 Å². The third-order valence-electron chi connectivity index (χ3n) is 2.73. The van der Waals surface area contributed by atoms with Crippen molar-refractivity contribution in [2.75, 3.05) is 6.54 Å². The summed E-state index contributed by atoms with van der Waals surface area (Å²) in [6.07, 6.45) is 1.99. The van der Waals surface area contributed by atoms with Crippen LogP contribution in [0.5, 0.6) is 5.75 Å². The van der Waals surface area contributed by atoms with E-state index in [9.17, 15) is 9.90 Å². The van der Waals surface area contributed by atoms with Gasteiger partial charge in [-0.05, 0) is 43.5 Å². The third-order valence-corrected chi connectivity index (χ3v) is 2.73. The fraction of sp³-hybridized carbons (Fsp3) is 0.385. The molecule has 0 saturated carbocycles. The number of aryl methyl sites for hydroxylation is 1. The molecule has 0 heterocycles. The number of phenols is 1. The maximum atomic E-state index is 11.8. The van der Waals surface area contributed by atoms with E-state index in [4.69, 9.17) is 10.9 Å². The fourth-order valence-corrected chi connectivity index (χ4v) is 1.58. The molecule has 19 heavy (non-hydrogen) atoms. The van der Waals surface area contributed by atoms with Crippen molar-refractivity contribution < 1.29 is 15.1 Å². The molecule has 0 aromatic heterocycles. The Kier molecular flexibility index (Phi) is 5.66. The van der Waals surface area contributed by atoms with Crippen LogP contribution < -0.4 is 11.1 Å². The number of unbranched alkanes of at least 4 members (excludes halogenated alkanes) is 1. The molecule has 0 fully saturated rings. The van der Waals surface area contributed by atoms with Gasteiger partial charge in [-0.3, -0.25) is 4.79 Å². The van der Waals surface area contributed by atoms with Gasteiger partial charge in [0.25, 0.3) is 5.91 Å². The number of benzene rings is 1. The van der Waals surface area contributed by atoms with Crippen molar-refractivity contribution in [1.29, 1.82) is 0 Å². The van der Waals surface area contributed by atoms with Crippen LogP contribution in [-0.2, 0) is 0 Å². The summed E-state index contributed by atoms with van der Waals surface area (Å²) in [5, 5.41) is 23.4. The van der Waals surface area contributed by atoms with Crippen molar-refractivity contribution in [3.8, 4) is 5.75 Å². The van der Waals surface area contributed by atoms with E-state index in [0.717, 1.165) is 12.8 Å². The number of amides is 1. The van der Waals surface area contributed by atoms with Gasteiger partial charge in [-0.15, -0.1) is 0 Å². The molecule has 0 saturated heterocycles. The summed E-state index contributed by atoms with van der Waals surface area (Å²) in [6, 6.07) is 4.72. The zero-order valence-corrected chi connectivity index (χ0v) is 10.9. The van der Waals surface area contributed by atoms with Crippen LogP contribution >= 0.6 is 0 Å². The molecule has 0 aliphatic heterocycles. The SMILES string of the molecule is Cc1cc(C(=O)NCCCC/C(N)=N/O)ccc1O. The minimum Gasteiger partial charge on any atom is -0.508 e.